The summed E-state index contributed by atoms with van der Waals surface area (Å²) in [5.74, 6) is 0.475. The van der Waals surface area contributed by atoms with Gasteiger partial charge in [-0.2, -0.15) is 0 Å². The predicted octanol–water partition coefficient (Wildman–Crippen LogP) is 6.72. The number of benzene rings is 1. The lowest BCUT2D eigenvalue weighted by Gasteiger charge is -2.33. The Morgan fingerprint density at radius 1 is 1.36 bits per heavy atom. The van der Waals surface area contributed by atoms with E-state index < -0.39 is 5.97 Å². The number of phenols is 1. The molecule has 208 valence electrons. The number of esters is 1. The lowest BCUT2D eigenvalue weighted by atomic mass is 9.72. The van der Waals surface area contributed by atoms with E-state index in [2.05, 4.69) is 58.8 Å². The van der Waals surface area contributed by atoms with Crippen LogP contribution in [0.5, 0.6) is 5.75 Å². The Hall–Kier alpha value is -2.63. The van der Waals surface area contributed by atoms with Crippen molar-refractivity contribution < 1.29 is 19.4 Å². The standard InChI is InChI=1S/C28H33BrN4O4S2/c1-6-12-33-24(19-14-17(29)9-11-20(19)34)31-32-27(33)38-15-22(35)30-25-23(26(36)37-7-2)18-10-8-16(28(3,4)5)13-21(18)39-25/h6,9,11,14,16,34H,1,7-8,10,12-13,15H2,2-5H3,(H,30,35)/t16-/m0/s1. The number of carbonyl (C=O) groups excluding carboxylic acids is 2. The first kappa shape index (κ1) is 29.4. The number of hydrogen-bond acceptors (Lipinski definition) is 8. The molecular weight excluding hydrogens is 600 g/mol. The van der Waals surface area contributed by atoms with Crippen molar-refractivity contribution in [1.82, 2.24) is 14.8 Å². The fraction of sp³-hybridized carbons (Fsp3) is 0.429. The topological polar surface area (TPSA) is 106 Å². The van der Waals surface area contributed by atoms with Gasteiger partial charge in [-0.25, -0.2) is 4.79 Å². The third kappa shape index (κ3) is 6.58. The molecule has 2 N–H and O–H groups in total. The Morgan fingerprint density at radius 2 is 2.13 bits per heavy atom. The lowest BCUT2D eigenvalue weighted by molar-refractivity contribution is -0.113. The van der Waals surface area contributed by atoms with Gasteiger partial charge >= 0.3 is 5.97 Å². The van der Waals surface area contributed by atoms with Gasteiger partial charge in [0, 0.05) is 15.9 Å². The van der Waals surface area contributed by atoms with E-state index in [1.807, 2.05) is 0 Å². The average Bonchev–Trinajstić information content (AvgIpc) is 3.44. The van der Waals surface area contributed by atoms with E-state index in [1.54, 1.807) is 35.8 Å². The Kier molecular flexibility index (Phi) is 9.23. The van der Waals surface area contributed by atoms with Gasteiger partial charge in [-0.3, -0.25) is 9.36 Å². The normalized spacial score (nSPS) is 15.1. The molecule has 1 amide bonds. The summed E-state index contributed by atoms with van der Waals surface area (Å²) in [5.41, 5.74) is 2.18. The van der Waals surface area contributed by atoms with Crippen LogP contribution >= 0.6 is 39.0 Å². The molecule has 4 rings (SSSR count). The van der Waals surface area contributed by atoms with Gasteiger partial charge in [-0.15, -0.1) is 28.1 Å². The SMILES string of the molecule is C=CCn1c(SCC(=O)Nc2sc3c(c2C(=O)OCC)CC[C@H](C(C)(C)C)C3)nnc1-c1cc(Br)ccc1O. The number of carbonyl (C=O) groups is 2. The van der Waals surface area contributed by atoms with E-state index in [0.717, 1.165) is 34.2 Å². The molecule has 0 unspecified atom stereocenters. The molecule has 39 heavy (non-hydrogen) atoms. The van der Waals surface area contributed by atoms with Crippen molar-refractivity contribution in [1.29, 1.82) is 0 Å². The van der Waals surface area contributed by atoms with Crippen LogP contribution in [0.15, 0.2) is 40.5 Å². The van der Waals surface area contributed by atoms with Gasteiger partial charge in [0.15, 0.2) is 11.0 Å². The van der Waals surface area contributed by atoms with E-state index in [4.69, 9.17) is 4.74 Å². The van der Waals surface area contributed by atoms with Gasteiger partial charge in [-0.1, -0.05) is 54.5 Å². The molecule has 2 heterocycles. The third-order valence-electron chi connectivity index (χ3n) is 6.78. The highest BCUT2D eigenvalue weighted by molar-refractivity contribution is 9.10. The Morgan fingerprint density at radius 3 is 2.82 bits per heavy atom. The minimum atomic E-state index is -0.392. The largest absolute Gasteiger partial charge is 0.507 e. The molecule has 1 atom stereocenters. The number of aromatic hydroxyl groups is 1. The Labute approximate surface area is 245 Å². The maximum Gasteiger partial charge on any atom is 0.341 e. The number of allylic oxidation sites excluding steroid dienone is 1. The number of fused-ring (bicyclic) bond motifs is 1. The first-order valence-electron chi connectivity index (χ1n) is 12.8. The summed E-state index contributed by atoms with van der Waals surface area (Å²) in [6, 6.07) is 5.08. The fourth-order valence-electron chi connectivity index (χ4n) is 4.70. The summed E-state index contributed by atoms with van der Waals surface area (Å²) < 4.78 is 7.95. The van der Waals surface area contributed by atoms with E-state index in [1.165, 1.54) is 23.1 Å². The summed E-state index contributed by atoms with van der Waals surface area (Å²) in [4.78, 5) is 27.2. The number of anilines is 1. The number of ether oxygens (including phenoxy) is 1. The molecule has 0 radical (unpaired) electrons. The number of amides is 1. The number of nitrogens with zero attached hydrogens (tertiary/aromatic N) is 3. The van der Waals surface area contributed by atoms with E-state index in [-0.39, 0.29) is 29.4 Å². The number of thiophene rings is 1. The van der Waals surface area contributed by atoms with Gasteiger partial charge in [0.25, 0.3) is 0 Å². The Bertz CT molecular complexity index is 1390. The number of phenolic OH excluding ortho intramolecular Hbond substituents is 1. The van der Waals surface area contributed by atoms with Crippen LogP contribution in [0.4, 0.5) is 5.00 Å². The van der Waals surface area contributed by atoms with Gasteiger partial charge in [-0.05, 0) is 61.3 Å². The number of thioether (sulfide) groups is 1. The summed E-state index contributed by atoms with van der Waals surface area (Å²) in [5, 5.41) is 22.9. The quantitative estimate of drug-likeness (QED) is 0.153. The maximum atomic E-state index is 13.1. The summed E-state index contributed by atoms with van der Waals surface area (Å²) in [6.07, 6.45) is 4.38. The molecule has 0 aliphatic heterocycles. The van der Waals surface area contributed by atoms with Crippen molar-refractivity contribution in [3.63, 3.8) is 0 Å². The number of rotatable bonds is 9. The fourth-order valence-corrected chi connectivity index (χ4v) is 7.14. The minimum Gasteiger partial charge on any atom is -0.507 e. The van der Waals surface area contributed by atoms with Crippen molar-refractivity contribution >= 4 is 55.9 Å². The van der Waals surface area contributed by atoms with Gasteiger partial charge in [0.05, 0.1) is 23.5 Å². The molecule has 0 spiro atoms. The zero-order valence-electron chi connectivity index (χ0n) is 22.5. The van der Waals surface area contributed by atoms with E-state index in [9.17, 15) is 14.7 Å². The highest BCUT2D eigenvalue weighted by Gasteiger charge is 2.34. The predicted molar refractivity (Wildman–Crippen MR) is 160 cm³/mol. The molecule has 8 nitrogen and oxygen atoms in total. The van der Waals surface area contributed by atoms with Crippen LogP contribution in [0.1, 0.15) is 54.9 Å². The van der Waals surface area contributed by atoms with Crippen LogP contribution in [0.2, 0.25) is 0 Å². The van der Waals surface area contributed by atoms with Crippen molar-refractivity contribution in [3.05, 3.63) is 51.3 Å². The van der Waals surface area contributed by atoms with Crippen LogP contribution in [0.25, 0.3) is 11.4 Å². The van der Waals surface area contributed by atoms with Crippen molar-refractivity contribution in [3.8, 4) is 17.1 Å². The maximum absolute atomic E-state index is 13.1. The number of hydrogen-bond donors (Lipinski definition) is 2. The van der Waals surface area contributed by atoms with E-state index >= 15 is 0 Å². The average molecular weight is 634 g/mol. The third-order valence-corrected chi connectivity index (χ3v) is 9.41. The molecule has 11 heteroatoms. The first-order valence-corrected chi connectivity index (χ1v) is 15.4. The van der Waals surface area contributed by atoms with Crippen LogP contribution in [-0.4, -0.2) is 44.1 Å². The molecule has 1 aliphatic rings. The first-order chi connectivity index (χ1) is 18.5. The Balaban J connectivity index is 1.54. The molecule has 0 saturated heterocycles. The second-order valence-electron chi connectivity index (χ2n) is 10.4. The number of halogens is 1. The summed E-state index contributed by atoms with van der Waals surface area (Å²) >= 11 is 6.13. The number of aromatic nitrogens is 3. The minimum absolute atomic E-state index is 0.0647. The van der Waals surface area contributed by atoms with Gasteiger partial charge in [0.1, 0.15) is 10.8 Å². The molecular formula is C28H33BrN4O4S2. The second kappa shape index (κ2) is 12.3. The molecule has 1 aliphatic carbocycles. The molecule has 0 fully saturated rings. The number of nitrogens with one attached hydrogen (secondary N) is 1. The lowest BCUT2D eigenvalue weighted by Crippen LogP contribution is -2.26. The molecule has 3 aromatic rings. The zero-order chi connectivity index (χ0) is 28.3. The molecule has 0 bridgehead atoms. The van der Waals surface area contributed by atoms with Crippen molar-refractivity contribution in [2.24, 2.45) is 11.3 Å². The highest BCUT2D eigenvalue weighted by Crippen LogP contribution is 2.44. The van der Waals surface area contributed by atoms with Gasteiger partial charge in [0.2, 0.25) is 5.91 Å². The van der Waals surface area contributed by atoms with Crippen LogP contribution in [0, 0.1) is 11.3 Å². The second-order valence-corrected chi connectivity index (χ2v) is 13.4. The van der Waals surface area contributed by atoms with Crippen molar-refractivity contribution in [2.45, 2.75) is 58.7 Å². The summed E-state index contributed by atoms with van der Waals surface area (Å²) in [6.45, 7) is 13.0. The summed E-state index contributed by atoms with van der Waals surface area (Å²) in [7, 11) is 0. The monoisotopic (exact) mass is 632 g/mol. The molecule has 2 aromatic heterocycles. The molecule has 1 aromatic carbocycles. The highest BCUT2D eigenvalue weighted by atomic mass is 79.9. The van der Waals surface area contributed by atoms with Crippen LogP contribution in [0.3, 0.4) is 0 Å². The van der Waals surface area contributed by atoms with E-state index in [0.29, 0.717) is 39.6 Å². The van der Waals surface area contributed by atoms with Crippen LogP contribution < -0.4 is 5.32 Å². The smallest absolute Gasteiger partial charge is 0.341 e. The van der Waals surface area contributed by atoms with Crippen LogP contribution in [-0.2, 0) is 28.9 Å². The zero-order valence-corrected chi connectivity index (χ0v) is 25.8. The van der Waals surface area contributed by atoms with Gasteiger partial charge < -0.3 is 15.2 Å². The molecule has 0 saturated carbocycles. The van der Waals surface area contributed by atoms with Crippen molar-refractivity contribution in [2.75, 3.05) is 17.7 Å².